The highest BCUT2D eigenvalue weighted by atomic mass is 79.9. The van der Waals surface area contributed by atoms with Gasteiger partial charge in [0.15, 0.2) is 17.5 Å². The first kappa shape index (κ1) is 59.9. The van der Waals surface area contributed by atoms with Crippen LogP contribution in [0.3, 0.4) is 0 Å². The first-order valence-corrected chi connectivity index (χ1v) is 29.9. The molecule has 0 bridgehead atoms. The third-order valence-corrected chi connectivity index (χ3v) is 18.7. The number of rotatable bonds is 12. The van der Waals surface area contributed by atoms with E-state index >= 15 is 13.2 Å². The predicted octanol–water partition coefficient (Wildman–Crippen LogP) is 16.5. The van der Waals surface area contributed by atoms with Crippen molar-refractivity contribution in [3.8, 4) is 0 Å². The highest BCUT2D eigenvalue weighted by Crippen LogP contribution is 2.43. The minimum Gasteiger partial charge on any atom is -0.366 e. The van der Waals surface area contributed by atoms with E-state index in [1.165, 1.54) is 0 Å². The number of hydrogen-bond acceptors (Lipinski definition) is 9. The van der Waals surface area contributed by atoms with Gasteiger partial charge in [0.2, 0.25) is 0 Å². The predicted molar refractivity (Wildman–Crippen MR) is 321 cm³/mol. The molecule has 0 unspecified atom stereocenters. The summed E-state index contributed by atoms with van der Waals surface area (Å²) in [6.07, 6.45) is 18.2. The molecule has 9 nitrogen and oxygen atoms in total. The highest BCUT2D eigenvalue weighted by molar-refractivity contribution is 9.11. The second-order valence-corrected chi connectivity index (χ2v) is 24.4. The molecule has 18 heteroatoms. The number of aromatic nitrogens is 3. The molecule has 6 aromatic rings. The van der Waals surface area contributed by atoms with E-state index in [1.54, 1.807) is 36.8 Å². The molecular weight excluding hydrogens is 1210 g/mol. The number of nitrogens with zero attached hydrogens (tertiary/aromatic N) is 9. The molecule has 0 N–H and O–H groups in total. The normalized spacial score (nSPS) is 21.1. The van der Waals surface area contributed by atoms with Crippen LogP contribution >= 0.6 is 82.6 Å². The van der Waals surface area contributed by atoms with Crippen molar-refractivity contribution >= 4 is 132 Å². The average molecular weight is 1290 g/mol. The summed E-state index contributed by atoms with van der Waals surface area (Å²) in [4.78, 5) is 26.0. The first-order valence-electron chi connectivity index (χ1n) is 26.4. The van der Waals surface area contributed by atoms with Gasteiger partial charge in [-0.25, -0.2) is 28.1 Å². The van der Waals surface area contributed by atoms with E-state index in [1.807, 2.05) is 18.2 Å². The molecule has 0 amide bonds. The van der Waals surface area contributed by atoms with Crippen LogP contribution < -0.4 is 14.7 Å². The maximum Gasteiger partial charge on any atom is 0.161 e. The zero-order valence-corrected chi connectivity index (χ0v) is 51.7. The van der Waals surface area contributed by atoms with Crippen LogP contribution in [-0.4, -0.2) is 128 Å². The fourth-order valence-electron chi connectivity index (χ4n) is 11.9. The third-order valence-electron chi connectivity index (χ3n) is 16.1. The molecule has 408 valence electrons. The van der Waals surface area contributed by atoms with Crippen LogP contribution in [0.2, 0.25) is 15.5 Å². The number of benzene rings is 3. The summed E-state index contributed by atoms with van der Waals surface area (Å²) in [5.41, 5.74) is 1.93. The molecule has 3 aliphatic rings. The zero-order chi connectivity index (χ0) is 54.4. The minimum atomic E-state index is -0.216. The van der Waals surface area contributed by atoms with E-state index in [0.29, 0.717) is 82.2 Å². The van der Waals surface area contributed by atoms with Gasteiger partial charge in [-0.05, 0) is 224 Å². The lowest BCUT2D eigenvalue weighted by atomic mass is 9.89. The van der Waals surface area contributed by atoms with E-state index < -0.39 is 0 Å². The smallest absolute Gasteiger partial charge is 0.161 e. The molecule has 9 rings (SSSR count). The standard InChI is InChI=1S/3C19H24BrClFN3/c3*1-4-25(13-7-5-12(6-8-13)24(2)3)18-14-9-10-23-19(21)15(14)11-16(20)17(18)22/h3*9-13H,4-8H2,1-3H3. The number of anilines is 3. The number of fused-ring (bicyclic) bond motifs is 3. The SMILES string of the molecule is CCN(c1c(F)c(Br)cc2c(Cl)nccc12)C1CCC(N(C)C)CC1.CCN(c1c(F)c(Br)cc2c(Cl)nccc12)C1CCC(N(C)C)CC1.CCN(c1c(F)c(Br)cc2c(Cl)nccc12)C1CCC(N(C)C)CC1. The average Bonchev–Trinajstić information content (AvgIpc) is 3.40. The molecule has 3 saturated carbocycles. The van der Waals surface area contributed by atoms with Crippen molar-refractivity contribution in [3.63, 3.8) is 0 Å². The van der Waals surface area contributed by atoms with E-state index in [-0.39, 0.29) is 17.5 Å². The van der Waals surface area contributed by atoms with E-state index in [0.717, 1.165) is 129 Å². The Bertz CT molecular complexity index is 2590. The van der Waals surface area contributed by atoms with Crippen LogP contribution in [0, 0.1) is 17.5 Å². The summed E-state index contributed by atoms with van der Waals surface area (Å²) < 4.78 is 46.6. The Hall–Kier alpha value is -2.73. The number of pyridine rings is 3. The van der Waals surface area contributed by atoms with Gasteiger partial charge in [-0.1, -0.05) is 34.8 Å². The Labute approximate surface area is 483 Å². The minimum absolute atomic E-state index is 0.216. The zero-order valence-electron chi connectivity index (χ0n) is 44.7. The van der Waals surface area contributed by atoms with Crippen LogP contribution in [0.1, 0.15) is 97.8 Å². The third kappa shape index (κ3) is 13.5. The van der Waals surface area contributed by atoms with Gasteiger partial charge in [0.1, 0.15) is 15.5 Å². The fourth-order valence-corrected chi connectivity index (χ4v) is 13.8. The molecule has 3 aliphatic carbocycles. The topological polar surface area (TPSA) is 58.1 Å². The molecule has 0 saturated heterocycles. The Morgan fingerprint density at radius 1 is 0.400 bits per heavy atom. The molecular formula is C57H72Br3Cl3F3N9. The molecule has 0 radical (unpaired) electrons. The van der Waals surface area contributed by atoms with Gasteiger partial charge in [-0.15, -0.1) is 0 Å². The molecule has 3 aromatic carbocycles. The summed E-state index contributed by atoms with van der Waals surface area (Å²) >= 11 is 28.9. The Kier molecular flexibility index (Phi) is 21.5. The van der Waals surface area contributed by atoms with E-state index in [9.17, 15) is 0 Å². The van der Waals surface area contributed by atoms with Crippen molar-refractivity contribution in [1.29, 1.82) is 0 Å². The second kappa shape index (κ2) is 27.0. The van der Waals surface area contributed by atoms with Crippen molar-refractivity contribution in [2.24, 2.45) is 0 Å². The van der Waals surface area contributed by atoms with Gasteiger partial charge >= 0.3 is 0 Å². The summed E-state index contributed by atoms with van der Waals surface area (Å²) in [6.45, 7) is 8.56. The van der Waals surface area contributed by atoms with Crippen molar-refractivity contribution in [1.82, 2.24) is 29.7 Å². The van der Waals surface area contributed by atoms with Gasteiger partial charge in [-0.3, -0.25) is 0 Å². The van der Waals surface area contributed by atoms with Crippen LogP contribution in [0.5, 0.6) is 0 Å². The molecule has 0 aliphatic heterocycles. The summed E-state index contributed by atoms with van der Waals surface area (Å²) in [6, 6.07) is 13.7. The lowest BCUT2D eigenvalue weighted by molar-refractivity contribution is 0.214. The molecule has 3 fully saturated rings. The lowest BCUT2D eigenvalue weighted by Gasteiger charge is -2.40. The largest absolute Gasteiger partial charge is 0.366 e. The monoisotopic (exact) mass is 1280 g/mol. The molecule has 0 spiro atoms. The summed E-state index contributed by atoms with van der Waals surface area (Å²) in [5, 5.41) is 6.07. The maximum atomic E-state index is 15.1. The first-order chi connectivity index (χ1) is 35.8. The maximum absolute atomic E-state index is 15.1. The van der Waals surface area contributed by atoms with Crippen LogP contribution in [0.4, 0.5) is 30.2 Å². The van der Waals surface area contributed by atoms with Gasteiger partial charge in [-0.2, -0.15) is 0 Å². The molecule has 3 heterocycles. The Morgan fingerprint density at radius 3 is 0.813 bits per heavy atom. The van der Waals surface area contributed by atoms with Crippen LogP contribution in [0.15, 0.2) is 68.4 Å². The number of hydrogen-bond donors (Lipinski definition) is 0. The van der Waals surface area contributed by atoms with E-state index in [2.05, 4.69) is 155 Å². The van der Waals surface area contributed by atoms with Crippen molar-refractivity contribution in [2.45, 2.75) is 134 Å². The fraction of sp³-hybridized carbons (Fsp3) is 0.526. The second-order valence-electron chi connectivity index (χ2n) is 20.8. The number of halogens is 9. The Morgan fingerprint density at radius 2 is 0.613 bits per heavy atom. The lowest BCUT2D eigenvalue weighted by Crippen LogP contribution is -2.42. The molecule has 3 aromatic heterocycles. The van der Waals surface area contributed by atoms with Crippen LogP contribution in [-0.2, 0) is 0 Å². The quantitative estimate of drug-likeness (QED) is 0.112. The van der Waals surface area contributed by atoms with Crippen molar-refractivity contribution < 1.29 is 13.2 Å². The van der Waals surface area contributed by atoms with Gasteiger partial charge in [0, 0.05) is 107 Å². The van der Waals surface area contributed by atoms with E-state index in [4.69, 9.17) is 34.8 Å². The summed E-state index contributed by atoms with van der Waals surface area (Å²) in [7, 11) is 12.8. The molecule has 75 heavy (non-hydrogen) atoms. The van der Waals surface area contributed by atoms with Gasteiger partial charge in [0.25, 0.3) is 0 Å². The molecule has 0 atom stereocenters. The van der Waals surface area contributed by atoms with Crippen molar-refractivity contribution in [3.05, 3.63) is 101 Å². The van der Waals surface area contributed by atoms with Gasteiger partial charge in [0.05, 0.1) is 30.5 Å². The Balaban J connectivity index is 0.000000164. The summed E-state index contributed by atoms with van der Waals surface area (Å²) in [5.74, 6) is -0.649. The van der Waals surface area contributed by atoms with Crippen LogP contribution in [0.25, 0.3) is 32.3 Å². The van der Waals surface area contributed by atoms with Gasteiger partial charge < -0.3 is 29.4 Å². The highest BCUT2D eigenvalue weighted by Gasteiger charge is 2.33. The van der Waals surface area contributed by atoms with Crippen molar-refractivity contribution in [2.75, 3.05) is 76.6 Å².